The molecule has 2 aromatic rings. The van der Waals surface area contributed by atoms with E-state index in [0.717, 1.165) is 16.8 Å². The van der Waals surface area contributed by atoms with Crippen molar-refractivity contribution >= 4 is 34.8 Å². The number of carbonyl (C=O) groups excluding carboxylic acids is 1. The van der Waals surface area contributed by atoms with E-state index in [1.54, 1.807) is 12.1 Å². The van der Waals surface area contributed by atoms with Gasteiger partial charge in [0.1, 0.15) is 0 Å². The molecule has 0 saturated carbocycles. The van der Waals surface area contributed by atoms with Crippen molar-refractivity contribution in [3.05, 3.63) is 51.5 Å². The van der Waals surface area contributed by atoms with Crippen molar-refractivity contribution in [1.29, 1.82) is 0 Å². The third-order valence-corrected chi connectivity index (χ3v) is 4.77. The molecule has 1 amide bonds. The number of hydrogen-bond acceptors (Lipinski definition) is 3. The molecule has 2 aliphatic heterocycles. The number of rotatable bonds is 1. The van der Waals surface area contributed by atoms with E-state index in [2.05, 4.69) is 5.32 Å². The number of hydrogen-bond donors (Lipinski definition) is 1. The van der Waals surface area contributed by atoms with Crippen LogP contribution in [-0.4, -0.2) is 12.7 Å². The average Bonchev–Trinajstić information content (AvgIpc) is 2.94. The van der Waals surface area contributed by atoms with Gasteiger partial charge < -0.3 is 14.8 Å². The second-order valence-corrected chi connectivity index (χ2v) is 6.03. The molecule has 0 aromatic heterocycles. The van der Waals surface area contributed by atoms with Crippen LogP contribution >= 0.6 is 23.2 Å². The number of ether oxygens (including phenoxy) is 2. The number of amides is 1. The summed E-state index contributed by atoms with van der Waals surface area (Å²) in [6.45, 7) is 0.189. The normalized spacial score (nSPS) is 18.8. The van der Waals surface area contributed by atoms with Crippen LogP contribution in [0.15, 0.2) is 30.3 Å². The lowest BCUT2D eigenvalue weighted by Gasteiger charge is -2.27. The first-order chi connectivity index (χ1) is 10.6. The van der Waals surface area contributed by atoms with Gasteiger partial charge in [-0.3, -0.25) is 4.79 Å². The fraction of sp³-hybridized carbons (Fsp3) is 0.188. The summed E-state index contributed by atoms with van der Waals surface area (Å²) in [4.78, 5) is 12.0. The number of anilines is 1. The van der Waals surface area contributed by atoms with E-state index in [1.807, 2.05) is 18.2 Å². The maximum Gasteiger partial charge on any atom is 0.231 e. The van der Waals surface area contributed by atoms with Gasteiger partial charge in [-0.15, -0.1) is 0 Å². The predicted molar refractivity (Wildman–Crippen MR) is 84.1 cm³/mol. The molecule has 0 spiro atoms. The highest BCUT2D eigenvalue weighted by molar-refractivity contribution is 6.42. The molecule has 4 nitrogen and oxygen atoms in total. The zero-order chi connectivity index (χ0) is 15.3. The lowest BCUT2D eigenvalue weighted by atomic mass is 9.84. The Morgan fingerprint density at radius 1 is 1.09 bits per heavy atom. The van der Waals surface area contributed by atoms with Gasteiger partial charge >= 0.3 is 0 Å². The lowest BCUT2D eigenvalue weighted by molar-refractivity contribution is -0.116. The van der Waals surface area contributed by atoms with Crippen molar-refractivity contribution in [2.75, 3.05) is 12.1 Å². The molecule has 0 unspecified atom stereocenters. The van der Waals surface area contributed by atoms with Crippen molar-refractivity contribution in [3.8, 4) is 11.5 Å². The van der Waals surface area contributed by atoms with Crippen LogP contribution in [0.25, 0.3) is 0 Å². The zero-order valence-corrected chi connectivity index (χ0v) is 12.9. The van der Waals surface area contributed by atoms with Crippen molar-refractivity contribution < 1.29 is 14.3 Å². The Morgan fingerprint density at radius 2 is 1.86 bits per heavy atom. The van der Waals surface area contributed by atoms with Crippen LogP contribution in [0.4, 0.5) is 5.69 Å². The number of nitrogens with one attached hydrogen (secondary N) is 1. The van der Waals surface area contributed by atoms with Gasteiger partial charge in [0, 0.05) is 24.1 Å². The molecule has 4 rings (SSSR count). The maximum absolute atomic E-state index is 12.0. The molecule has 2 aromatic carbocycles. The fourth-order valence-corrected chi connectivity index (χ4v) is 3.36. The van der Waals surface area contributed by atoms with E-state index in [0.29, 0.717) is 28.0 Å². The summed E-state index contributed by atoms with van der Waals surface area (Å²) in [5, 5.41) is 3.83. The molecule has 22 heavy (non-hydrogen) atoms. The maximum atomic E-state index is 12.0. The topological polar surface area (TPSA) is 47.6 Å². The third-order valence-electron chi connectivity index (χ3n) is 3.94. The Hall–Kier alpha value is -1.91. The van der Waals surface area contributed by atoms with Crippen molar-refractivity contribution in [3.63, 3.8) is 0 Å². The van der Waals surface area contributed by atoms with Gasteiger partial charge in [0.15, 0.2) is 11.5 Å². The summed E-state index contributed by atoms with van der Waals surface area (Å²) in [7, 11) is 0. The monoisotopic (exact) mass is 335 g/mol. The summed E-state index contributed by atoms with van der Waals surface area (Å²) in [6, 6.07) is 9.16. The van der Waals surface area contributed by atoms with Crippen LogP contribution in [0.2, 0.25) is 10.0 Å². The van der Waals surface area contributed by atoms with Crippen LogP contribution in [0, 0.1) is 0 Å². The molecule has 0 fully saturated rings. The Bertz CT molecular complexity index is 791. The molecule has 0 radical (unpaired) electrons. The Kier molecular flexibility index (Phi) is 3.17. The average molecular weight is 336 g/mol. The van der Waals surface area contributed by atoms with Gasteiger partial charge in [-0.05, 0) is 23.3 Å². The highest BCUT2D eigenvalue weighted by atomic mass is 35.5. The summed E-state index contributed by atoms with van der Waals surface area (Å²) in [6.07, 6.45) is 0.312. The summed E-state index contributed by atoms with van der Waals surface area (Å²) >= 11 is 12.5. The minimum atomic E-state index is -0.163. The molecule has 1 atom stereocenters. The van der Waals surface area contributed by atoms with Crippen molar-refractivity contribution in [2.45, 2.75) is 12.3 Å². The first kappa shape index (κ1) is 13.7. The molecule has 6 heteroatoms. The molecular formula is C16H11Cl2NO3. The van der Waals surface area contributed by atoms with E-state index in [4.69, 9.17) is 32.7 Å². The minimum Gasteiger partial charge on any atom is -0.454 e. The van der Waals surface area contributed by atoms with E-state index >= 15 is 0 Å². The number of carbonyl (C=O) groups is 1. The highest BCUT2D eigenvalue weighted by Crippen LogP contribution is 2.46. The standard InChI is InChI=1S/C16H11Cl2NO3/c17-11-3-1-2-8(16(11)18)9-5-15(20)19-12-6-14-13(4-10(9)12)21-7-22-14/h1-4,6,9H,5,7H2,(H,19,20)/t9-/m1/s1. The SMILES string of the molecule is O=C1C[C@H](c2cccc(Cl)c2Cl)c2cc3c(cc2N1)OCO3. The van der Waals surface area contributed by atoms with Gasteiger partial charge in [-0.2, -0.15) is 0 Å². The Balaban J connectivity index is 1.89. The molecule has 0 bridgehead atoms. The Morgan fingerprint density at radius 3 is 2.68 bits per heavy atom. The number of halogens is 2. The molecule has 2 aliphatic rings. The van der Waals surface area contributed by atoms with Gasteiger partial charge in [0.25, 0.3) is 0 Å². The van der Waals surface area contributed by atoms with Crippen LogP contribution in [0.3, 0.4) is 0 Å². The summed E-state index contributed by atoms with van der Waals surface area (Å²) in [5.41, 5.74) is 2.51. The van der Waals surface area contributed by atoms with Gasteiger partial charge in [0.05, 0.1) is 10.0 Å². The van der Waals surface area contributed by atoms with E-state index in [9.17, 15) is 4.79 Å². The van der Waals surface area contributed by atoms with Gasteiger partial charge in [0.2, 0.25) is 12.7 Å². The number of benzene rings is 2. The molecule has 112 valence electrons. The van der Waals surface area contributed by atoms with Crippen LogP contribution < -0.4 is 14.8 Å². The third kappa shape index (κ3) is 2.11. The van der Waals surface area contributed by atoms with Crippen LogP contribution in [-0.2, 0) is 4.79 Å². The first-order valence-corrected chi connectivity index (χ1v) is 7.56. The number of fused-ring (bicyclic) bond motifs is 2. The molecule has 2 heterocycles. The molecule has 0 saturated heterocycles. The smallest absolute Gasteiger partial charge is 0.231 e. The van der Waals surface area contributed by atoms with Gasteiger partial charge in [-0.1, -0.05) is 35.3 Å². The van der Waals surface area contributed by atoms with Crippen LogP contribution in [0.5, 0.6) is 11.5 Å². The van der Waals surface area contributed by atoms with E-state index in [-0.39, 0.29) is 18.6 Å². The van der Waals surface area contributed by atoms with E-state index < -0.39 is 0 Å². The van der Waals surface area contributed by atoms with Crippen molar-refractivity contribution in [2.24, 2.45) is 0 Å². The molecule has 0 aliphatic carbocycles. The highest BCUT2D eigenvalue weighted by Gasteiger charge is 2.31. The van der Waals surface area contributed by atoms with E-state index in [1.165, 1.54) is 0 Å². The minimum absolute atomic E-state index is 0.0626. The second-order valence-electron chi connectivity index (χ2n) is 5.24. The molecule has 1 N–H and O–H groups in total. The molecular weight excluding hydrogens is 325 g/mol. The summed E-state index contributed by atoms with van der Waals surface area (Å²) in [5.74, 6) is 1.09. The first-order valence-electron chi connectivity index (χ1n) is 6.81. The zero-order valence-electron chi connectivity index (χ0n) is 11.4. The Labute approximate surface area is 136 Å². The van der Waals surface area contributed by atoms with Crippen molar-refractivity contribution in [1.82, 2.24) is 0 Å². The fourth-order valence-electron chi connectivity index (χ4n) is 2.92. The van der Waals surface area contributed by atoms with Gasteiger partial charge in [-0.25, -0.2) is 0 Å². The van der Waals surface area contributed by atoms with Crippen LogP contribution in [0.1, 0.15) is 23.5 Å². The quantitative estimate of drug-likeness (QED) is 0.849. The second kappa shape index (κ2) is 5.07. The lowest BCUT2D eigenvalue weighted by Crippen LogP contribution is -2.23. The summed E-state index contributed by atoms with van der Waals surface area (Å²) < 4.78 is 10.8. The predicted octanol–water partition coefficient (Wildman–Crippen LogP) is 4.20. The largest absolute Gasteiger partial charge is 0.454 e.